The van der Waals surface area contributed by atoms with Crippen molar-refractivity contribution >= 4 is 21.6 Å². The molecular formula is C18H20N2O3S. The highest BCUT2D eigenvalue weighted by Gasteiger charge is 2.24. The number of aryl methyl sites for hydroxylation is 1. The zero-order valence-electron chi connectivity index (χ0n) is 13.5. The molecular weight excluding hydrogens is 324 g/mol. The van der Waals surface area contributed by atoms with E-state index in [0.717, 1.165) is 24.8 Å². The van der Waals surface area contributed by atoms with E-state index in [1.54, 1.807) is 24.3 Å². The van der Waals surface area contributed by atoms with Gasteiger partial charge in [-0.3, -0.25) is 9.52 Å². The molecule has 2 aromatic rings. The Bertz CT molecular complexity index is 858. The Morgan fingerprint density at radius 2 is 1.88 bits per heavy atom. The molecule has 0 aliphatic heterocycles. The van der Waals surface area contributed by atoms with E-state index in [2.05, 4.69) is 10.0 Å². The van der Waals surface area contributed by atoms with Crippen LogP contribution in [0.2, 0.25) is 0 Å². The number of sulfonamides is 1. The number of amides is 1. The second-order valence-corrected chi connectivity index (χ2v) is 7.57. The molecule has 1 aliphatic carbocycles. The second-order valence-electron chi connectivity index (χ2n) is 5.89. The molecule has 0 aromatic heterocycles. The molecule has 1 fully saturated rings. The van der Waals surface area contributed by atoms with Crippen molar-refractivity contribution in [3.63, 3.8) is 0 Å². The van der Waals surface area contributed by atoms with Gasteiger partial charge in [-0.2, -0.15) is 0 Å². The highest BCUT2D eigenvalue weighted by molar-refractivity contribution is 7.92. The Morgan fingerprint density at radius 1 is 1.12 bits per heavy atom. The van der Waals surface area contributed by atoms with Crippen molar-refractivity contribution in [1.82, 2.24) is 5.32 Å². The smallest absolute Gasteiger partial charge is 0.261 e. The number of nitrogens with one attached hydrogen (secondary N) is 2. The predicted molar refractivity (Wildman–Crippen MR) is 93.6 cm³/mol. The Balaban J connectivity index is 1.85. The second kappa shape index (κ2) is 6.65. The molecule has 1 saturated carbocycles. The van der Waals surface area contributed by atoms with Crippen LogP contribution in [0.25, 0.3) is 0 Å². The van der Waals surface area contributed by atoms with Gasteiger partial charge in [-0.1, -0.05) is 31.2 Å². The average molecular weight is 344 g/mol. The Kier molecular flexibility index (Phi) is 4.57. The third-order valence-corrected chi connectivity index (χ3v) is 5.32. The number of hydrogen-bond acceptors (Lipinski definition) is 3. The lowest BCUT2D eigenvalue weighted by atomic mass is 10.1. The zero-order chi connectivity index (χ0) is 17.2. The van der Waals surface area contributed by atoms with Gasteiger partial charge >= 0.3 is 0 Å². The first kappa shape index (κ1) is 16.5. The Labute approximate surface area is 142 Å². The van der Waals surface area contributed by atoms with E-state index in [9.17, 15) is 13.2 Å². The zero-order valence-corrected chi connectivity index (χ0v) is 14.3. The number of anilines is 1. The van der Waals surface area contributed by atoms with Gasteiger partial charge < -0.3 is 5.32 Å². The summed E-state index contributed by atoms with van der Waals surface area (Å²) in [6.45, 7) is 1.97. The third kappa shape index (κ3) is 3.76. The minimum absolute atomic E-state index is 0.0804. The number of rotatable bonds is 6. The lowest BCUT2D eigenvalue weighted by Crippen LogP contribution is -2.25. The Hall–Kier alpha value is -2.34. The van der Waals surface area contributed by atoms with Crippen LogP contribution in [0.15, 0.2) is 53.4 Å². The maximum Gasteiger partial charge on any atom is 0.261 e. The van der Waals surface area contributed by atoms with Gasteiger partial charge in [0.05, 0.1) is 10.6 Å². The van der Waals surface area contributed by atoms with E-state index >= 15 is 0 Å². The first-order valence-electron chi connectivity index (χ1n) is 8.01. The van der Waals surface area contributed by atoms with Crippen molar-refractivity contribution in [1.29, 1.82) is 0 Å². The molecule has 126 valence electrons. The maximum atomic E-state index is 12.6. The number of benzene rings is 2. The fraction of sp³-hybridized carbons (Fsp3) is 0.278. The topological polar surface area (TPSA) is 75.3 Å². The minimum atomic E-state index is -3.74. The van der Waals surface area contributed by atoms with Crippen molar-refractivity contribution in [2.45, 2.75) is 37.1 Å². The summed E-state index contributed by atoms with van der Waals surface area (Å²) in [6.07, 6.45) is 2.70. The third-order valence-electron chi connectivity index (χ3n) is 3.96. The van der Waals surface area contributed by atoms with E-state index in [4.69, 9.17) is 0 Å². The molecule has 0 unspecified atom stereocenters. The largest absolute Gasteiger partial charge is 0.349 e. The molecule has 0 radical (unpaired) electrons. The van der Waals surface area contributed by atoms with E-state index in [1.165, 1.54) is 12.1 Å². The van der Waals surface area contributed by atoms with Crippen LogP contribution in [0, 0.1) is 0 Å². The Morgan fingerprint density at radius 3 is 2.58 bits per heavy atom. The van der Waals surface area contributed by atoms with Gasteiger partial charge in [0.1, 0.15) is 0 Å². The lowest BCUT2D eigenvalue weighted by molar-refractivity contribution is 0.0951. The minimum Gasteiger partial charge on any atom is -0.349 e. The van der Waals surface area contributed by atoms with Crippen LogP contribution >= 0.6 is 0 Å². The van der Waals surface area contributed by atoms with Crippen molar-refractivity contribution in [2.75, 3.05) is 4.72 Å². The van der Waals surface area contributed by atoms with Crippen LogP contribution in [-0.2, 0) is 16.4 Å². The van der Waals surface area contributed by atoms with Gasteiger partial charge in [-0.25, -0.2) is 8.42 Å². The van der Waals surface area contributed by atoms with Crippen LogP contribution < -0.4 is 10.0 Å². The summed E-state index contributed by atoms with van der Waals surface area (Å²) in [7, 11) is -3.74. The molecule has 5 nitrogen and oxygen atoms in total. The number of hydrogen-bond donors (Lipinski definition) is 2. The van der Waals surface area contributed by atoms with Crippen LogP contribution in [0.4, 0.5) is 5.69 Å². The van der Waals surface area contributed by atoms with Gasteiger partial charge in [-0.15, -0.1) is 0 Å². The molecule has 0 atom stereocenters. The van der Waals surface area contributed by atoms with Crippen molar-refractivity contribution in [3.8, 4) is 0 Å². The summed E-state index contributed by atoms with van der Waals surface area (Å²) in [5.74, 6) is -0.233. The normalized spacial score (nSPS) is 14.2. The van der Waals surface area contributed by atoms with Crippen molar-refractivity contribution in [2.24, 2.45) is 0 Å². The fourth-order valence-electron chi connectivity index (χ4n) is 2.43. The van der Waals surface area contributed by atoms with Gasteiger partial charge in [0.15, 0.2) is 0 Å². The summed E-state index contributed by atoms with van der Waals surface area (Å²) in [6, 6.07) is 13.6. The molecule has 0 bridgehead atoms. The van der Waals surface area contributed by atoms with Crippen LogP contribution in [0.5, 0.6) is 0 Å². The van der Waals surface area contributed by atoms with Crippen molar-refractivity contribution in [3.05, 3.63) is 59.7 Å². The molecule has 2 aromatic carbocycles. The van der Waals surface area contributed by atoms with Crippen LogP contribution in [-0.4, -0.2) is 20.4 Å². The van der Waals surface area contributed by atoms with Gasteiger partial charge in [0, 0.05) is 11.6 Å². The summed E-state index contributed by atoms with van der Waals surface area (Å²) in [4.78, 5) is 12.2. The molecule has 0 heterocycles. The van der Waals surface area contributed by atoms with E-state index in [-0.39, 0.29) is 16.8 Å². The summed E-state index contributed by atoms with van der Waals surface area (Å²) in [5, 5.41) is 2.86. The quantitative estimate of drug-likeness (QED) is 0.846. The predicted octanol–water partition coefficient (Wildman–Crippen LogP) is 2.94. The standard InChI is InChI=1S/C18H20N2O3S/c1-2-13-6-3-4-9-17(13)20-24(22,23)16-8-5-7-14(12-16)18(21)19-15-10-11-15/h3-9,12,15,20H,2,10-11H2,1H3,(H,19,21). The molecule has 24 heavy (non-hydrogen) atoms. The molecule has 1 amide bonds. The molecule has 3 rings (SSSR count). The first-order valence-corrected chi connectivity index (χ1v) is 9.49. The monoisotopic (exact) mass is 344 g/mol. The van der Waals surface area contributed by atoms with Crippen LogP contribution in [0.3, 0.4) is 0 Å². The summed E-state index contributed by atoms with van der Waals surface area (Å²) in [5.41, 5.74) is 1.84. The molecule has 1 aliphatic rings. The molecule has 6 heteroatoms. The lowest BCUT2D eigenvalue weighted by Gasteiger charge is -2.12. The number of carbonyl (C=O) groups excluding carboxylic acids is 1. The molecule has 2 N–H and O–H groups in total. The number of carbonyl (C=O) groups is 1. The SMILES string of the molecule is CCc1ccccc1NS(=O)(=O)c1cccc(C(=O)NC2CC2)c1. The van der Waals surface area contributed by atoms with E-state index in [1.807, 2.05) is 19.1 Å². The fourth-order valence-corrected chi connectivity index (χ4v) is 3.58. The summed E-state index contributed by atoms with van der Waals surface area (Å²) >= 11 is 0. The van der Waals surface area contributed by atoms with Gasteiger partial charge in [0.25, 0.3) is 15.9 Å². The number of para-hydroxylation sites is 1. The van der Waals surface area contributed by atoms with Crippen molar-refractivity contribution < 1.29 is 13.2 Å². The van der Waals surface area contributed by atoms with Gasteiger partial charge in [0.2, 0.25) is 0 Å². The highest BCUT2D eigenvalue weighted by Crippen LogP contribution is 2.22. The summed E-state index contributed by atoms with van der Waals surface area (Å²) < 4.78 is 27.9. The van der Waals surface area contributed by atoms with Gasteiger partial charge in [-0.05, 0) is 49.1 Å². The van der Waals surface area contributed by atoms with E-state index < -0.39 is 10.0 Å². The first-order chi connectivity index (χ1) is 11.5. The average Bonchev–Trinajstić information content (AvgIpc) is 3.39. The maximum absolute atomic E-state index is 12.6. The highest BCUT2D eigenvalue weighted by atomic mass is 32.2. The van der Waals surface area contributed by atoms with Crippen LogP contribution in [0.1, 0.15) is 35.7 Å². The van der Waals surface area contributed by atoms with E-state index in [0.29, 0.717) is 11.3 Å². The molecule has 0 saturated heterocycles. The molecule has 0 spiro atoms.